The first-order valence-corrected chi connectivity index (χ1v) is 9.00. The second-order valence-corrected chi connectivity index (χ2v) is 6.65. The van der Waals surface area contributed by atoms with Crippen molar-refractivity contribution < 1.29 is 14.3 Å². The molecule has 1 aromatic heterocycles. The molecule has 5 nitrogen and oxygen atoms in total. The maximum absolute atomic E-state index is 12.3. The Morgan fingerprint density at radius 2 is 1.88 bits per heavy atom. The lowest BCUT2D eigenvalue weighted by molar-refractivity contribution is -0.115. The molecule has 134 valence electrons. The fourth-order valence-electron chi connectivity index (χ4n) is 2.55. The number of thiazole rings is 1. The number of amides is 1. The minimum Gasteiger partial charge on any atom is -0.497 e. The molecule has 0 fully saturated rings. The molecule has 1 amide bonds. The number of nitrogens with zero attached hydrogens (tertiary/aromatic N) is 1. The molecule has 3 rings (SSSR count). The number of nitrogens with one attached hydrogen (secondary N) is 1. The molecule has 3 aromatic rings. The fourth-order valence-corrected chi connectivity index (χ4v) is 3.28. The van der Waals surface area contributed by atoms with Crippen LogP contribution in [0, 0.1) is 6.92 Å². The predicted octanol–water partition coefficient (Wildman–Crippen LogP) is 4.32. The minimum atomic E-state index is -0.105. The Bertz CT molecular complexity index is 904. The molecule has 0 atom stereocenters. The topological polar surface area (TPSA) is 60.5 Å². The molecular formula is C20H20N2O3S. The second kappa shape index (κ2) is 8.01. The molecular weight excluding hydrogens is 348 g/mol. The van der Waals surface area contributed by atoms with Crippen molar-refractivity contribution >= 4 is 22.4 Å². The molecule has 0 unspecified atom stereocenters. The van der Waals surface area contributed by atoms with Gasteiger partial charge in [0.1, 0.15) is 11.5 Å². The number of carbonyl (C=O) groups is 1. The normalized spacial score (nSPS) is 10.4. The van der Waals surface area contributed by atoms with Crippen LogP contribution in [0.4, 0.5) is 5.13 Å². The lowest BCUT2D eigenvalue weighted by Gasteiger charge is -2.07. The van der Waals surface area contributed by atoms with Gasteiger partial charge >= 0.3 is 0 Å². The van der Waals surface area contributed by atoms with E-state index in [2.05, 4.69) is 10.3 Å². The third-order valence-electron chi connectivity index (χ3n) is 3.97. The fraction of sp³-hybridized carbons (Fsp3) is 0.200. The van der Waals surface area contributed by atoms with Gasteiger partial charge in [-0.2, -0.15) is 0 Å². The minimum absolute atomic E-state index is 0.105. The van der Waals surface area contributed by atoms with Crippen LogP contribution >= 0.6 is 11.3 Å². The molecule has 0 saturated heterocycles. The van der Waals surface area contributed by atoms with E-state index >= 15 is 0 Å². The molecule has 0 aliphatic carbocycles. The Hall–Kier alpha value is -2.86. The van der Waals surface area contributed by atoms with Gasteiger partial charge in [-0.3, -0.25) is 4.79 Å². The molecule has 0 saturated carbocycles. The Morgan fingerprint density at radius 3 is 2.58 bits per heavy atom. The number of benzene rings is 2. The number of hydrogen-bond donors (Lipinski definition) is 1. The standard InChI is InChI=1S/C20H20N2O3S/c1-13-4-5-14(10-18(13)25-3)11-19(23)22-20-21-17(12-26-20)15-6-8-16(24-2)9-7-15/h4-10,12H,11H2,1-3H3,(H,21,22,23). The first-order valence-electron chi connectivity index (χ1n) is 8.12. The van der Waals surface area contributed by atoms with Gasteiger partial charge in [0.05, 0.1) is 26.3 Å². The van der Waals surface area contributed by atoms with Gasteiger partial charge in [-0.1, -0.05) is 12.1 Å². The van der Waals surface area contributed by atoms with Crippen LogP contribution in [0.3, 0.4) is 0 Å². The van der Waals surface area contributed by atoms with Crippen molar-refractivity contribution in [2.45, 2.75) is 13.3 Å². The average molecular weight is 368 g/mol. The summed E-state index contributed by atoms with van der Waals surface area (Å²) in [6.45, 7) is 1.97. The van der Waals surface area contributed by atoms with Gasteiger partial charge in [-0.15, -0.1) is 11.3 Å². The first-order chi connectivity index (χ1) is 12.6. The molecule has 2 aromatic carbocycles. The maximum Gasteiger partial charge on any atom is 0.230 e. The number of rotatable bonds is 6. The SMILES string of the molecule is COc1ccc(-c2csc(NC(=O)Cc3ccc(C)c(OC)c3)n2)cc1. The number of carbonyl (C=O) groups excluding carboxylic acids is 1. The number of aryl methyl sites for hydroxylation is 1. The van der Waals surface area contributed by atoms with E-state index < -0.39 is 0 Å². The maximum atomic E-state index is 12.3. The molecule has 1 N–H and O–H groups in total. The highest BCUT2D eigenvalue weighted by Gasteiger charge is 2.10. The first kappa shape index (κ1) is 17.9. The molecule has 0 aliphatic rings. The predicted molar refractivity (Wildman–Crippen MR) is 104 cm³/mol. The molecule has 0 spiro atoms. The van der Waals surface area contributed by atoms with E-state index in [4.69, 9.17) is 9.47 Å². The Labute approximate surface area is 156 Å². The van der Waals surface area contributed by atoms with E-state index in [9.17, 15) is 4.79 Å². The van der Waals surface area contributed by atoms with Crippen LogP contribution in [0.15, 0.2) is 47.8 Å². The molecule has 26 heavy (non-hydrogen) atoms. The van der Waals surface area contributed by atoms with Crippen molar-refractivity contribution in [3.63, 3.8) is 0 Å². The average Bonchev–Trinajstić information content (AvgIpc) is 3.11. The van der Waals surface area contributed by atoms with Crippen molar-refractivity contribution in [2.24, 2.45) is 0 Å². The van der Waals surface area contributed by atoms with Gasteiger partial charge in [0.15, 0.2) is 5.13 Å². The van der Waals surface area contributed by atoms with Crippen LogP contribution in [0.25, 0.3) is 11.3 Å². The van der Waals surface area contributed by atoms with E-state index in [0.717, 1.165) is 33.9 Å². The second-order valence-electron chi connectivity index (χ2n) is 5.80. The van der Waals surface area contributed by atoms with Crippen molar-refractivity contribution in [3.05, 3.63) is 59.0 Å². The summed E-state index contributed by atoms with van der Waals surface area (Å²) in [6, 6.07) is 13.4. The quantitative estimate of drug-likeness (QED) is 0.704. The molecule has 6 heteroatoms. The zero-order valence-corrected chi connectivity index (χ0v) is 15.7. The highest BCUT2D eigenvalue weighted by molar-refractivity contribution is 7.14. The van der Waals surface area contributed by atoms with Crippen LogP contribution in [-0.2, 0) is 11.2 Å². The highest BCUT2D eigenvalue weighted by Crippen LogP contribution is 2.26. The molecule has 1 heterocycles. The molecule has 0 radical (unpaired) electrons. The summed E-state index contributed by atoms with van der Waals surface area (Å²) in [4.78, 5) is 16.8. The van der Waals surface area contributed by atoms with Crippen LogP contribution in [0.1, 0.15) is 11.1 Å². The van der Waals surface area contributed by atoms with Crippen molar-refractivity contribution in [2.75, 3.05) is 19.5 Å². The van der Waals surface area contributed by atoms with Gasteiger partial charge < -0.3 is 14.8 Å². The molecule has 0 bridgehead atoms. The van der Waals surface area contributed by atoms with Crippen LogP contribution in [0.2, 0.25) is 0 Å². The number of anilines is 1. The summed E-state index contributed by atoms with van der Waals surface area (Å²) in [5, 5.41) is 5.36. The van der Waals surface area contributed by atoms with E-state index in [0.29, 0.717) is 5.13 Å². The summed E-state index contributed by atoms with van der Waals surface area (Å²) in [5.41, 5.74) is 3.74. The van der Waals surface area contributed by atoms with Gasteiger partial charge in [-0.25, -0.2) is 4.98 Å². The number of ether oxygens (including phenoxy) is 2. The van der Waals surface area contributed by atoms with E-state index in [1.165, 1.54) is 11.3 Å². The van der Waals surface area contributed by atoms with E-state index in [1.54, 1.807) is 14.2 Å². The Morgan fingerprint density at radius 1 is 1.12 bits per heavy atom. The van der Waals surface area contributed by atoms with Crippen LogP contribution in [-0.4, -0.2) is 25.1 Å². The van der Waals surface area contributed by atoms with Crippen molar-refractivity contribution in [1.82, 2.24) is 4.98 Å². The summed E-state index contributed by atoms with van der Waals surface area (Å²) >= 11 is 1.40. The zero-order valence-electron chi connectivity index (χ0n) is 14.9. The summed E-state index contributed by atoms with van der Waals surface area (Å²) in [6.07, 6.45) is 0.272. The summed E-state index contributed by atoms with van der Waals surface area (Å²) < 4.78 is 10.5. The van der Waals surface area contributed by atoms with Gasteiger partial charge in [0, 0.05) is 10.9 Å². The van der Waals surface area contributed by atoms with Gasteiger partial charge in [0.2, 0.25) is 5.91 Å². The van der Waals surface area contributed by atoms with E-state index in [-0.39, 0.29) is 12.3 Å². The zero-order chi connectivity index (χ0) is 18.5. The number of aromatic nitrogens is 1. The largest absolute Gasteiger partial charge is 0.497 e. The summed E-state index contributed by atoms with van der Waals surface area (Å²) in [5.74, 6) is 1.48. The van der Waals surface area contributed by atoms with Crippen molar-refractivity contribution in [1.29, 1.82) is 0 Å². The lowest BCUT2D eigenvalue weighted by Crippen LogP contribution is -2.14. The van der Waals surface area contributed by atoms with Gasteiger partial charge in [-0.05, 0) is 48.4 Å². The van der Waals surface area contributed by atoms with Gasteiger partial charge in [0.25, 0.3) is 0 Å². The Kier molecular flexibility index (Phi) is 5.53. The lowest BCUT2D eigenvalue weighted by atomic mass is 10.1. The van der Waals surface area contributed by atoms with Crippen LogP contribution in [0.5, 0.6) is 11.5 Å². The van der Waals surface area contributed by atoms with E-state index in [1.807, 2.05) is 54.8 Å². The monoisotopic (exact) mass is 368 g/mol. The number of hydrogen-bond acceptors (Lipinski definition) is 5. The van der Waals surface area contributed by atoms with Crippen molar-refractivity contribution in [3.8, 4) is 22.8 Å². The molecule has 0 aliphatic heterocycles. The van der Waals surface area contributed by atoms with Crippen LogP contribution < -0.4 is 14.8 Å². The number of methoxy groups -OCH3 is 2. The smallest absolute Gasteiger partial charge is 0.230 e. The third-order valence-corrected chi connectivity index (χ3v) is 4.73. The highest BCUT2D eigenvalue weighted by atomic mass is 32.1. The third kappa shape index (κ3) is 4.21. The Balaban J connectivity index is 1.65. The summed E-state index contributed by atoms with van der Waals surface area (Å²) in [7, 11) is 3.26.